The second-order valence-electron chi connectivity index (χ2n) is 3.27. The number of carbonyl (C=O) groups is 1. The topological polar surface area (TPSA) is 54.3 Å². The van der Waals surface area contributed by atoms with Crippen molar-refractivity contribution in [1.82, 2.24) is 4.57 Å². The van der Waals surface area contributed by atoms with E-state index in [0.717, 1.165) is 30.0 Å². The van der Waals surface area contributed by atoms with Gasteiger partial charge in [-0.1, -0.05) is 0 Å². The smallest absolute Gasteiger partial charge is 0.166 e. The highest BCUT2D eigenvalue weighted by atomic mass is 16.2. The van der Waals surface area contributed by atoms with Crippen molar-refractivity contribution >= 4 is 22.9 Å². The number of rotatable bonds is 2. The lowest BCUT2D eigenvalue weighted by Crippen LogP contribution is -1.93. The highest BCUT2D eigenvalue weighted by Crippen LogP contribution is 2.21. The number of benzene rings is 1. The molecule has 2 N–H and O–H groups in total. The fourth-order valence-electron chi connectivity index (χ4n) is 1.64. The molecule has 0 saturated heterocycles. The minimum Gasteiger partial charge on any atom is -0.400 e. The van der Waals surface area contributed by atoms with Crippen molar-refractivity contribution in [2.24, 2.45) is 7.05 Å². The van der Waals surface area contributed by atoms with E-state index >= 15 is 0 Å². The molecule has 1 aromatic carbocycles. The maximum absolute atomic E-state index is 10.7. The number of hydrogen-bond acceptors (Lipinski definition) is 3. The number of aliphatic hydroxyl groups is 1. The Hall–Kier alpha value is -1.81. The van der Waals surface area contributed by atoms with E-state index in [1.807, 2.05) is 42.9 Å². The van der Waals surface area contributed by atoms with Gasteiger partial charge in [-0.2, -0.15) is 0 Å². The molecule has 0 radical (unpaired) electrons. The Balaban J connectivity index is 0.000000606. The van der Waals surface area contributed by atoms with Gasteiger partial charge in [0.1, 0.15) is 0 Å². The van der Waals surface area contributed by atoms with Crippen LogP contribution in [0, 0.1) is 0 Å². The first-order valence-electron chi connectivity index (χ1n) is 4.93. The van der Waals surface area contributed by atoms with Crippen LogP contribution in [-0.4, -0.2) is 30.1 Å². The van der Waals surface area contributed by atoms with Gasteiger partial charge in [0.15, 0.2) is 6.29 Å². The highest BCUT2D eigenvalue weighted by Gasteiger charge is 2.04. The zero-order chi connectivity index (χ0) is 12.1. The number of hydrogen-bond donors (Lipinski definition) is 2. The monoisotopic (exact) mass is 220 g/mol. The molecule has 0 saturated carbocycles. The molecule has 2 aromatic rings. The predicted octanol–water partition coefficient (Wildman–Crippen LogP) is 1.64. The quantitative estimate of drug-likeness (QED) is 0.756. The van der Waals surface area contributed by atoms with Gasteiger partial charge in [-0.3, -0.25) is 4.79 Å². The molecule has 16 heavy (non-hydrogen) atoms. The van der Waals surface area contributed by atoms with Crippen molar-refractivity contribution in [1.29, 1.82) is 0 Å². The van der Waals surface area contributed by atoms with Gasteiger partial charge in [0.05, 0.1) is 5.69 Å². The lowest BCUT2D eigenvalue weighted by molar-refractivity contribution is 0.111. The van der Waals surface area contributed by atoms with Crippen molar-refractivity contribution in [2.75, 3.05) is 19.5 Å². The van der Waals surface area contributed by atoms with Crippen LogP contribution in [0.2, 0.25) is 0 Å². The van der Waals surface area contributed by atoms with Gasteiger partial charge in [-0.15, -0.1) is 0 Å². The van der Waals surface area contributed by atoms with Gasteiger partial charge < -0.3 is 15.0 Å². The minimum atomic E-state index is 0.702. The Labute approximate surface area is 94.5 Å². The largest absolute Gasteiger partial charge is 0.400 e. The Morgan fingerprint density at radius 1 is 1.31 bits per heavy atom. The van der Waals surface area contributed by atoms with Gasteiger partial charge in [0.2, 0.25) is 0 Å². The molecule has 0 amide bonds. The molecule has 86 valence electrons. The molecule has 0 bridgehead atoms. The molecule has 4 heteroatoms. The first-order chi connectivity index (χ1) is 7.76. The van der Waals surface area contributed by atoms with Crippen LogP contribution in [0.3, 0.4) is 0 Å². The molecule has 1 aromatic heterocycles. The second-order valence-corrected chi connectivity index (χ2v) is 3.27. The van der Waals surface area contributed by atoms with Crippen LogP contribution in [-0.2, 0) is 7.05 Å². The molecule has 4 nitrogen and oxygen atoms in total. The highest BCUT2D eigenvalue weighted by molar-refractivity contribution is 5.90. The van der Waals surface area contributed by atoms with Crippen LogP contribution in [0.25, 0.3) is 10.9 Å². The molecule has 0 spiro atoms. The second kappa shape index (κ2) is 5.32. The maximum Gasteiger partial charge on any atom is 0.166 e. The van der Waals surface area contributed by atoms with Gasteiger partial charge in [-0.05, 0) is 24.3 Å². The van der Waals surface area contributed by atoms with E-state index in [4.69, 9.17) is 5.11 Å². The summed E-state index contributed by atoms with van der Waals surface area (Å²) in [6.07, 6.45) is 0.874. The van der Waals surface area contributed by atoms with E-state index in [9.17, 15) is 4.79 Å². The van der Waals surface area contributed by atoms with Crippen LogP contribution >= 0.6 is 0 Å². The number of anilines is 1. The van der Waals surface area contributed by atoms with Crippen molar-refractivity contribution in [3.63, 3.8) is 0 Å². The molecule has 2 rings (SSSR count). The van der Waals surface area contributed by atoms with E-state index in [-0.39, 0.29) is 0 Å². The molecule has 0 aliphatic heterocycles. The Morgan fingerprint density at radius 2 is 2.00 bits per heavy atom. The number of fused-ring (bicyclic) bond motifs is 1. The number of carbonyl (C=O) groups excluding carboxylic acids is 1. The molecular weight excluding hydrogens is 204 g/mol. The average molecular weight is 220 g/mol. The summed E-state index contributed by atoms with van der Waals surface area (Å²) in [6, 6.07) is 7.93. The summed E-state index contributed by atoms with van der Waals surface area (Å²) < 4.78 is 1.89. The van der Waals surface area contributed by atoms with E-state index in [1.54, 1.807) is 0 Å². The Kier molecular flexibility index (Phi) is 4.08. The Bertz CT molecular complexity index is 489. The third kappa shape index (κ3) is 2.06. The summed E-state index contributed by atoms with van der Waals surface area (Å²) >= 11 is 0. The standard InChI is InChI=1S/C11H12N2O.CH4O/c1-12-9-3-4-11-8(5-9)6-10(7-14)13(11)2;1-2/h3-7,12H,1-2H3;2H,1H3. The molecular formula is C12H16N2O2. The van der Waals surface area contributed by atoms with E-state index in [2.05, 4.69) is 5.32 Å². The average Bonchev–Trinajstić information content (AvgIpc) is 2.68. The van der Waals surface area contributed by atoms with E-state index < -0.39 is 0 Å². The molecule has 0 fully saturated rings. The SMILES string of the molecule is CNc1ccc2c(c1)cc(C=O)n2C.CO. The molecule has 0 aliphatic carbocycles. The lowest BCUT2D eigenvalue weighted by Gasteiger charge is -2.00. The third-order valence-corrected chi connectivity index (χ3v) is 2.49. The van der Waals surface area contributed by atoms with Crippen LogP contribution in [0.5, 0.6) is 0 Å². The van der Waals surface area contributed by atoms with Crippen molar-refractivity contribution < 1.29 is 9.90 Å². The zero-order valence-corrected chi connectivity index (χ0v) is 9.69. The molecule has 1 heterocycles. The van der Waals surface area contributed by atoms with Gasteiger partial charge in [0, 0.05) is 37.8 Å². The van der Waals surface area contributed by atoms with E-state index in [0.29, 0.717) is 5.69 Å². The summed E-state index contributed by atoms with van der Waals surface area (Å²) in [6.45, 7) is 0. The fraction of sp³-hybridized carbons (Fsp3) is 0.250. The number of aromatic nitrogens is 1. The summed E-state index contributed by atoms with van der Waals surface area (Å²) in [4.78, 5) is 10.7. The zero-order valence-electron chi connectivity index (χ0n) is 9.69. The van der Waals surface area contributed by atoms with Gasteiger partial charge >= 0.3 is 0 Å². The summed E-state index contributed by atoms with van der Waals surface area (Å²) in [5.41, 5.74) is 2.83. The van der Waals surface area contributed by atoms with Crippen molar-refractivity contribution in [2.45, 2.75) is 0 Å². The minimum absolute atomic E-state index is 0.702. The number of nitrogens with zero attached hydrogens (tertiary/aromatic N) is 1. The molecule has 0 aliphatic rings. The summed E-state index contributed by atoms with van der Waals surface area (Å²) in [7, 11) is 4.77. The van der Waals surface area contributed by atoms with Crippen molar-refractivity contribution in [3.8, 4) is 0 Å². The number of nitrogens with one attached hydrogen (secondary N) is 1. The normalized spacial score (nSPS) is 9.50. The van der Waals surface area contributed by atoms with Crippen LogP contribution in [0.1, 0.15) is 10.5 Å². The van der Waals surface area contributed by atoms with Crippen LogP contribution in [0.4, 0.5) is 5.69 Å². The number of aldehydes is 1. The van der Waals surface area contributed by atoms with Gasteiger partial charge in [0.25, 0.3) is 0 Å². The first kappa shape index (κ1) is 12.3. The maximum atomic E-state index is 10.7. The summed E-state index contributed by atoms with van der Waals surface area (Å²) in [5, 5.41) is 11.2. The van der Waals surface area contributed by atoms with Gasteiger partial charge in [-0.25, -0.2) is 0 Å². The molecule has 0 unspecified atom stereocenters. The third-order valence-electron chi connectivity index (χ3n) is 2.49. The Morgan fingerprint density at radius 3 is 2.56 bits per heavy atom. The van der Waals surface area contributed by atoms with Crippen molar-refractivity contribution in [3.05, 3.63) is 30.0 Å². The van der Waals surface area contributed by atoms with E-state index in [1.165, 1.54) is 0 Å². The predicted molar refractivity (Wildman–Crippen MR) is 66.0 cm³/mol. The first-order valence-corrected chi connectivity index (χ1v) is 4.93. The van der Waals surface area contributed by atoms with Crippen LogP contribution < -0.4 is 5.32 Å². The lowest BCUT2D eigenvalue weighted by atomic mass is 10.2. The number of aryl methyl sites for hydroxylation is 1. The molecule has 0 atom stereocenters. The fourth-order valence-corrected chi connectivity index (χ4v) is 1.64. The number of aliphatic hydroxyl groups excluding tert-OH is 1. The van der Waals surface area contributed by atoms with Crippen LogP contribution in [0.15, 0.2) is 24.3 Å². The summed E-state index contributed by atoms with van der Waals surface area (Å²) in [5.74, 6) is 0.